The molecule has 7 heteroatoms. The Balaban J connectivity index is 1.78. The molecule has 1 aromatic heterocycles. The first-order valence-electron chi connectivity index (χ1n) is 7.28. The first-order valence-corrected chi connectivity index (χ1v) is 7.66. The summed E-state index contributed by atoms with van der Waals surface area (Å²) in [5, 5.41) is 15.0. The van der Waals surface area contributed by atoms with E-state index >= 15 is 0 Å². The van der Waals surface area contributed by atoms with Crippen molar-refractivity contribution < 1.29 is 4.74 Å². The first-order chi connectivity index (χ1) is 11.6. The minimum Gasteiger partial charge on any atom is -0.497 e. The van der Waals surface area contributed by atoms with Crippen LogP contribution in [0.25, 0.3) is 0 Å². The molecule has 0 saturated carbocycles. The van der Waals surface area contributed by atoms with Gasteiger partial charge in [-0.2, -0.15) is 10.1 Å². The van der Waals surface area contributed by atoms with E-state index in [9.17, 15) is 0 Å². The lowest BCUT2D eigenvalue weighted by molar-refractivity contribution is 0.415. The summed E-state index contributed by atoms with van der Waals surface area (Å²) in [6.45, 7) is 1.97. The minimum absolute atomic E-state index is 0.389. The van der Waals surface area contributed by atoms with Crippen LogP contribution in [-0.2, 0) is 0 Å². The third kappa shape index (κ3) is 3.91. The van der Waals surface area contributed by atoms with Crippen LogP contribution in [0, 0.1) is 6.92 Å². The van der Waals surface area contributed by atoms with Crippen LogP contribution in [0.15, 0.2) is 48.7 Å². The van der Waals surface area contributed by atoms with Crippen LogP contribution < -0.4 is 15.4 Å². The summed E-state index contributed by atoms with van der Waals surface area (Å²) in [6.07, 6.45) is 1.56. The molecular formula is C17H16ClN5O. The zero-order valence-electron chi connectivity index (χ0n) is 13.2. The average molecular weight is 342 g/mol. The van der Waals surface area contributed by atoms with Crippen molar-refractivity contribution in [2.45, 2.75) is 6.92 Å². The van der Waals surface area contributed by atoms with E-state index in [-0.39, 0.29) is 0 Å². The highest BCUT2D eigenvalue weighted by Crippen LogP contribution is 2.23. The summed E-state index contributed by atoms with van der Waals surface area (Å²) in [5.74, 6) is 1.72. The lowest BCUT2D eigenvalue weighted by atomic mass is 10.2. The largest absolute Gasteiger partial charge is 0.497 e. The maximum atomic E-state index is 5.97. The Morgan fingerprint density at radius 3 is 2.75 bits per heavy atom. The maximum Gasteiger partial charge on any atom is 0.249 e. The van der Waals surface area contributed by atoms with Crippen molar-refractivity contribution in [2.24, 2.45) is 0 Å². The van der Waals surface area contributed by atoms with Gasteiger partial charge in [-0.15, -0.1) is 5.10 Å². The topological polar surface area (TPSA) is 72.0 Å². The van der Waals surface area contributed by atoms with E-state index in [1.807, 2.05) is 49.4 Å². The van der Waals surface area contributed by atoms with Crippen LogP contribution in [0.1, 0.15) is 5.56 Å². The SMILES string of the molecule is COc1cccc(Nc2nncc(Nc3ccc(Cl)cc3C)n2)c1. The first kappa shape index (κ1) is 16.0. The summed E-state index contributed by atoms with van der Waals surface area (Å²) in [6, 6.07) is 13.1. The van der Waals surface area contributed by atoms with Gasteiger partial charge < -0.3 is 15.4 Å². The summed E-state index contributed by atoms with van der Waals surface area (Å²) in [7, 11) is 1.62. The Morgan fingerprint density at radius 1 is 1.08 bits per heavy atom. The molecule has 0 spiro atoms. The highest BCUT2D eigenvalue weighted by Gasteiger charge is 2.05. The van der Waals surface area contributed by atoms with E-state index in [1.54, 1.807) is 13.3 Å². The monoisotopic (exact) mass is 341 g/mol. The van der Waals surface area contributed by atoms with Gasteiger partial charge in [-0.05, 0) is 42.8 Å². The Bertz CT molecular complexity index is 856. The molecule has 1 heterocycles. The number of ether oxygens (including phenoxy) is 1. The zero-order chi connectivity index (χ0) is 16.9. The standard InChI is InChI=1S/C17H16ClN5O/c1-11-8-12(18)6-7-15(11)21-16-10-19-23-17(22-16)20-13-4-3-5-14(9-13)24-2/h3-10H,1-2H3,(H2,20,21,22,23). The van der Waals surface area contributed by atoms with Crippen LogP contribution >= 0.6 is 11.6 Å². The summed E-state index contributed by atoms with van der Waals surface area (Å²) < 4.78 is 5.20. The number of anilines is 4. The van der Waals surface area contributed by atoms with Crippen molar-refractivity contribution in [3.63, 3.8) is 0 Å². The lowest BCUT2D eigenvalue weighted by Gasteiger charge is -2.10. The molecular weight excluding hydrogens is 326 g/mol. The van der Waals surface area contributed by atoms with Crippen molar-refractivity contribution in [1.29, 1.82) is 0 Å². The van der Waals surface area contributed by atoms with Crippen molar-refractivity contribution >= 4 is 34.7 Å². The maximum absolute atomic E-state index is 5.97. The molecule has 24 heavy (non-hydrogen) atoms. The predicted octanol–water partition coefficient (Wildman–Crippen LogP) is 4.33. The number of nitrogens with zero attached hydrogens (tertiary/aromatic N) is 3. The molecule has 0 saturated heterocycles. The molecule has 3 rings (SSSR count). The molecule has 0 radical (unpaired) electrons. The number of aryl methyl sites for hydroxylation is 1. The Hall–Kier alpha value is -2.86. The Kier molecular flexibility index (Phi) is 4.77. The third-order valence-electron chi connectivity index (χ3n) is 3.34. The van der Waals surface area contributed by atoms with Crippen LogP contribution in [0.4, 0.5) is 23.1 Å². The van der Waals surface area contributed by atoms with Crippen LogP contribution in [0.3, 0.4) is 0 Å². The molecule has 0 aliphatic heterocycles. The van der Waals surface area contributed by atoms with Crippen LogP contribution in [0.2, 0.25) is 5.02 Å². The summed E-state index contributed by atoms with van der Waals surface area (Å²) >= 11 is 5.97. The molecule has 0 fully saturated rings. The fraction of sp³-hybridized carbons (Fsp3) is 0.118. The van der Waals surface area contributed by atoms with Gasteiger partial charge in [-0.3, -0.25) is 0 Å². The van der Waals surface area contributed by atoms with Gasteiger partial charge in [0.1, 0.15) is 5.75 Å². The van der Waals surface area contributed by atoms with Crippen molar-refractivity contribution in [3.8, 4) is 5.75 Å². The van der Waals surface area contributed by atoms with Crippen LogP contribution in [-0.4, -0.2) is 22.3 Å². The Labute approximate surface area is 144 Å². The van der Waals surface area contributed by atoms with Crippen molar-refractivity contribution in [2.75, 3.05) is 17.7 Å². The molecule has 0 aliphatic carbocycles. The molecule has 0 atom stereocenters. The van der Waals surface area contributed by atoms with Gasteiger partial charge in [0.05, 0.1) is 13.3 Å². The number of hydrogen-bond donors (Lipinski definition) is 2. The van der Waals surface area contributed by atoms with Crippen LogP contribution in [0.5, 0.6) is 5.75 Å². The van der Waals surface area contributed by atoms with Crippen molar-refractivity contribution in [3.05, 3.63) is 59.2 Å². The Morgan fingerprint density at radius 2 is 1.96 bits per heavy atom. The molecule has 2 aromatic carbocycles. The zero-order valence-corrected chi connectivity index (χ0v) is 14.0. The number of rotatable bonds is 5. The van der Waals surface area contributed by atoms with E-state index in [0.717, 1.165) is 22.7 Å². The number of aromatic nitrogens is 3. The smallest absolute Gasteiger partial charge is 0.249 e. The van der Waals surface area contributed by atoms with Gasteiger partial charge in [-0.1, -0.05) is 17.7 Å². The van der Waals surface area contributed by atoms with Gasteiger partial charge in [0, 0.05) is 22.5 Å². The summed E-state index contributed by atoms with van der Waals surface area (Å²) in [5.41, 5.74) is 2.74. The second-order valence-corrected chi connectivity index (χ2v) is 5.54. The highest BCUT2D eigenvalue weighted by molar-refractivity contribution is 6.30. The highest BCUT2D eigenvalue weighted by atomic mass is 35.5. The molecule has 6 nitrogen and oxygen atoms in total. The fourth-order valence-electron chi connectivity index (χ4n) is 2.15. The molecule has 2 N–H and O–H groups in total. The normalized spacial score (nSPS) is 10.3. The molecule has 0 amide bonds. The van der Waals surface area contributed by atoms with Gasteiger partial charge in [0.25, 0.3) is 0 Å². The van der Waals surface area contributed by atoms with Gasteiger partial charge in [0.2, 0.25) is 5.95 Å². The van der Waals surface area contributed by atoms with E-state index in [4.69, 9.17) is 16.3 Å². The second-order valence-electron chi connectivity index (χ2n) is 5.11. The quantitative estimate of drug-likeness (QED) is 0.719. The number of hydrogen-bond acceptors (Lipinski definition) is 6. The number of benzene rings is 2. The molecule has 0 unspecified atom stereocenters. The van der Waals surface area contributed by atoms with Gasteiger partial charge >= 0.3 is 0 Å². The minimum atomic E-state index is 0.389. The van der Waals surface area contributed by atoms with Crippen molar-refractivity contribution in [1.82, 2.24) is 15.2 Å². The average Bonchev–Trinajstić information content (AvgIpc) is 2.58. The number of nitrogens with one attached hydrogen (secondary N) is 2. The number of halogens is 1. The molecule has 0 bridgehead atoms. The van der Waals surface area contributed by atoms with Gasteiger partial charge in [0.15, 0.2) is 5.82 Å². The fourth-order valence-corrected chi connectivity index (χ4v) is 2.38. The second kappa shape index (κ2) is 7.14. The molecule has 0 aliphatic rings. The molecule has 122 valence electrons. The van der Waals surface area contributed by atoms with E-state index in [0.29, 0.717) is 16.8 Å². The number of methoxy groups -OCH3 is 1. The third-order valence-corrected chi connectivity index (χ3v) is 3.57. The lowest BCUT2D eigenvalue weighted by Crippen LogP contribution is -2.03. The van der Waals surface area contributed by atoms with E-state index in [2.05, 4.69) is 25.8 Å². The van der Waals surface area contributed by atoms with Gasteiger partial charge in [-0.25, -0.2) is 0 Å². The van der Waals surface area contributed by atoms with E-state index < -0.39 is 0 Å². The molecule has 3 aromatic rings. The predicted molar refractivity (Wildman–Crippen MR) is 95.6 cm³/mol. The van der Waals surface area contributed by atoms with E-state index in [1.165, 1.54) is 0 Å². The summed E-state index contributed by atoms with van der Waals surface area (Å²) in [4.78, 5) is 4.41.